The van der Waals surface area contributed by atoms with Gasteiger partial charge in [-0.25, -0.2) is 18.5 Å². The maximum absolute atomic E-state index is 12.1. The maximum atomic E-state index is 12.1. The fraction of sp³-hybridized carbons (Fsp3) is 0.462. The molecule has 0 aliphatic carbocycles. The Hall–Kier alpha value is -1.08. The molecule has 0 aliphatic heterocycles. The molecule has 0 amide bonds. The normalized spacial score (nSPS) is 12.5. The van der Waals surface area contributed by atoms with E-state index in [-0.39, 0.29) is 47.9 Å². The van der Waals surface area contributed by atoms with Crippen molar-refractivity contribution >= 4 is 40.0 Å². The average molecular weight is 480 g/mol. The minimum Gasteiger partial charge on any atom is -0.357 e. The van der Waals surface area contributed by atoms with E-state index in [0.29, 0.717) is 12.1 Å². The minimum absolute atomic E-state index is 0. The van der Waals surface area contributed by atoms with Gasteiger partial charge < -0.3 is 10.6 Å². The van der Waals surface area contributed by atoms with Crippen molar-refractivity contribution in [3.05, 3.63) is 29.8 Å². The van der Waals surface area contributed by atoms with Gasteiger partial charge in [0.25, 0.3) is 0 Å². The van der Waals surface area contributed by atoms with Crippen LogP contribution in [0.15, 0.2) is 34.2 Å². The van der Waals surface area contributed by atoms with Gasteiger partial charge in [-0.15, -0.1) is 24.0 Å². The zero-order valence-corrected chi connectivity index (χ0v) is 16.1. The molecule has 11 heteroatoms. The maximum Gasteiger partial charge on any atom is 0.390 e. The van der Waals surface area contributed by atoms with E-state index in [1.54, 1.807) is 13.0 Å². The number of halogens is 4. The van der Waals surface area contributed by atoms with Crippen molar-refractivity contribution in [1.29, 1.82) is 0 Å². The second kappa shape index (κ2) is 10.0. The van der Waals surface area contributed by atoms with Crippen LogP contribution in [0.1, 0.15) is 18.9 Å². The Morgan fingerprint density at radius 3 is 2.50 bits per heavy atom. The summed E-state index contributed by atoms with van der Waals surface area (Å²) in [4.78, 5) is 4.08. The molecule has 0 atom stereocenters. The summed E-state index contributed by atoms with van der Waals surface area (Å²) in [7, 11) is -3.81. The van der Waals surface area contributed by atoms with E-state index in [9.17, 15) is 21.6 Å². The summed E-state index contributed by atoms with van der Waals surface area (Å²) in [6.07, 6.45) is -5.22. The molecule has 24 heavy (non-hydrogen) atoms. The number of alkyl halides is 3. The van der Waals surface area contributed by atoms with Gasteiger partial charge in [0.05, 0.1) is 17.9 Å². The molecular weight excluding hydrogens is 460 g/mol. The Kier molecular flexibility index (Phi) is 9.58. The number of sulfonamides is 1. The molecular formula is C13H20F3IN4O2S. The van der Waals surface area contributed by atoms with Crippen LogP contribution in [0.5, 0.6) is 0 Å². The van der Waals surface area contributed by atoms with Crippen molar-refractivity contribution in [1.82, 2.24) is 10.6 Å². The lowest BCUT2D eigenvalue weighted by atomic mass is 10.2. The van der Waals surface area contributed by atoms with Crippen LogP contribution in [-0.4, -0.2) is 33.6 Å². The van der Waals surface area contributed by atoms with E-state index in [2.05, 4.69) is 15.6 Å². The van der Waals surface area contributed by atoms with Crippen LogP contribution in [0.25, 0.3) is 0 Å². The van der Waals surface area contributed by atoms with Gasteiger partial charge in [0.2, 0.25) is 10.0 Å². The predicted octanol–water partition coefficient (Wildman–Crippen LogP) is 1.96. The van der Waals surface area contributed by atoms with Crippen molar-refractivity contribution in [2.24, 2.45) is 10.1 Å². The molecule has 4 N–H and O–H groups in total. The summed E-state index contributed by atoms with van der Waals surface area (Å²) in [5, 5.41) is 10.4. The van der Waals surface area contributed by atoms with Gasteiger partial charge in [0.1, 0.15) is 0 Å². The highest BCUT2D eigenvalue weighted by Gasteiger charge is 2.26. The number of benzene rings is 1. The molecule has 0 saturated heterocycles. The first-order chi connectivity index (χ1) is 10.6. The number of nitrogens with zero attached hydrogens (tertiary/aromatic N) is 1. The number of rotatable bonds is 6. The third-order valence-corrected chi connectivity index (χ3v) is 3.60. The summed E-state index contributed by atoms with van der Waals surface area (Å²) in [6.45, 7) is 2.06. The number of guanidine groups is 1. The molecule has 6 nitrogen and oxygen atoms in total. The quantitative estimate of drug-likeness (QED) is 0.330. The zero-order chi connectivity index (χ0) is 17.5. The van der Waals surface area contributed by atoms with E-state index in [1.807, 2.05) is 0 Å². The molecule has 1 aromatic carbocycles. The minimum atomic E-state index is -4.24. The fourth-order valence-electron chi connectivity index (χ4n) is 1.66. The highest BCUT2D eigenvalue weighted by molar-refractivity contribution is 14.0. The molecule has 1 rings (SSSR count). The lowest BCUT2D eigenvalue weighted by Gasteiger charge is -2.12. The molecule has 0 fully saturated rings. The first kappa shape index (κ1) is 22.9. The second-order valence-corrected chi connectivity index (χ2v) is 6.24. The van der Waals surface area contributed by atoms with Crippen LogP contribution in [0, 0.1) is 0 Å². The van der Waals surface area contributed by atoms with Crippen molar-refractivity contribution < 1.29 is 21.6 Å². The van der Waals surface area contributed by atoms with Gasteiger partial charge in [0, 0.05) is 13.1 Å². The monoisotopic (exact) mass is 480 g/mol. The van der Waals surface area contributed by atoms with Crippen LogP contribution in [0.3, 0.4) is 0 Å². The van der Waals surface area contributed by atoms with Gasteiger partial charge in [-0.05, 0) is 24.6 Å². The zero-order valence-electron chi connectivity index (χ0n) is 12.9. The van der Waals surface area contributed by atoms with Crippen LogP contribution in [-0.2, 0) is 16.6 Å². The van der Waals surface area contributed by atoms with Crippen molar-refractivity contribution in [2.45, 2.75) is 31.0 Å². The molecule has 0 radical (unpaired) electrons. The van der Waals surface area contributed by atoms with E-state index >= 15 is 0 Å². The topological polar surface area (TPSA) is 96.6 Å². The summed E-state index contributed by atoms with van der Waals surface area (Å²) >= 11 is 0. The lowest BCUT2D eigenvalue weighted by Crippen LogP contribution is -2.38. The smallest absolute Gasteiger partial charge is 0.357 e. The molecule has 0 unspecified atom stereocenters. The second-order valence-electron chi connectivity index (χ2n) is 4.68. The lowest BCUT2D eigenvalue weighted by molar-refractivity contribution is -0.132. The Balaban J connectivity index is 0.00000529. The van der Waals surface area contributed by atoms with Gasteiger partial charge in [-0.1, -0.05) is 12.1 Å². The SMILES string of the molecule is CCNC(=NCc1cccc(S(N)(=O)=O)c1)NCCC(F)(F)F.I. The van der Waals surface area contributed by atoms with Crippen molar-refractivity contribution in [2.75, 3.05) is 13.1 Å². The van der Waals surface area contributed by atoms with E-state index in [1.165, 1.54) is 18.2 Å². The molecule has 0 bridgehead atoms. The standard InChI is InChI=1S/C13H19F3N4O2S.HI/c1-2-18-12(19-7-6-13(14,15)16)20-9-10-4-3-5-11(8-10)23(17,21)22;/h3-5,8H,2,6-7,9H2,1H3,(H2,17,21,22)(H2,18,19,20);1H. The molecule has 0 heterocycles. The summed E-state index contributed by atoms with van der Waals surface area (Å²) in [5.74, 6) is 0.220. The number of nitrogens with two attached hydrogens (primary N) is 1. The van der Waals surface area contributed by atoms with Crippen molar-refractivity contribution in [3.63, 3.8) is 0 Å². The number of hydrogen-bond donors (Lipinski definition) is 3. The highest BCUT2D eigenvalue weighted by Crippen LogP contribution is 2.18. The number of aliphatic imine (C=N–C) groups is 1. The predicted molar refractivity (Wildman–Crippen MR) is 96.7 cm³/mol. The average Bonchev–Trinajstić information content (AvgIpc) is 2.43. The first-order valence-electron chi connectivity index (χ1n) is 6.82. The summed E-state index contributed by atoms with van der Waals surface area (Å²) in [5.41, 5.74) is 0.574. The van der Waals surface area contributed by atoms with E-state index < -0.39 is 22.6 Å². The molecule has 1 aromatic rings. The third-order valence-electron chi connectivity index (χ3n) is 2.69. The number of primary sulfonamides is 1. The third kappa shape index (κ3) is 9.27. The molecule has 0 spiro atoms. The first-order valence-corrected chi connectivity index (χ1v) is 8.37. The Morgan fingerprint density at radius 1 is 1.29 bits per heavy atom. The van der Waals surface area contributed by atoms with E-state index in [0.717, 1.165) is 0 Å². The van der Waals surface area contributed by atoms with Crippen LogP contribution in [0.4, 0.5) is 13.2 Å². The van der Waals surface area contributed by atoms with Crippen LogP contribution < -0.4 is 15.8 Å². The van der Waals surface area contributed by atoms with E-state index in [4.69, 9.17) is 5.14 Å². The van der Waals surface area contributed by atoms with Crippen LogP contribution >= 0.6 is 24.0 Å². The molecule has 138 valence electrons. The Bertz CT molecular complexity index is 651. The Morgan fingerprint density at radius 2 is 1.96 bits per heavy atom. The fourth-order valence-corrected chi connectivity index (χ4v) is 2.24. The molecule has 0 saturated carbocycles. The number of nitrogens with one attached hydrogen (secondary N) is 2. The summed E-state index contributed by atoms with van der Waals surface area (Å²) < 4.78 is 58.9. The van der Waals surface area contributed by atoms with Gasteiger partial charge in [0.15, 0.2) is 5.96 Å². The number of hydrogen-bond acceptors (Lipinski definition) is 3. The van der Waals surface area contributed by atoms with Gasteiger partial charge in [-0.3, -0.25) is 0 Å². The molecule has 0 aromatic heterocycles. The largest absolute Gasteiger partial charge is 0.390 e. The van der Waals surface area contributed by atoms with Crippen molar-refractivity contribution in [3.8, 4) is 0 Å². The Labute approximate surface area is 156 Å². The molecule has 0 aliphatic rings. The highest BCUT2D eigenvalue weighted by atomic mass is 127. The van der Waals surface area contributed by atoms with Gasteiger partial charge in [-0.2, -0.15) is 13.2 Å². The van der Waals surface area contributed by atoms with Crippen LogP contribution in [0.2, 0.25) is 0 Å². The summed E-state index contributed by atoms with van der Waals surface area (Å²) in [6, 6.07) is 5.90. The van der Waals surface area contributed by atoms with Gasteiger partial charge >= 0.3 is 6.18 Å².